The average molecular weight is 327 g/mol. The van der Waals surface area contributed by atoms with Gasteiger partial charge in [0.2, 0.25) is 0 Å². The summed E-state index contributed by atoms with van der Waals surface area (Å²) in [5.41, 5.74) is 2.73. The van der Waals surface area contributed by atoms with Crippen LogP contribution in [0.1, 0.15) is 45.6 Å². The van der Waals surface area contributed by atoms with Crippen molar-refractivity contribution in [3.05, 3.63) is 28.2 Å². The fraction of sp³-hybridized carbons (Fsp3) is 0.625. The van der Waals surface area contributed by atoms with Crippen molar-refractivity contribution in [3.8, 4) is 0 Å². The van der Waals surface area contributed by atoms with Gasteiger partial charge in [0.15, 0.2) is 0 Å². The smallest absolute Gasteiger partial charge is 0.0425 e. The molecule has 19 heavy (non-hydrogen) atoms. The molecule has 0 fully saturated rings. The highest BCUT2D eigenvalue weighted by Gasteiger charge is 2.14. The Bertz CT molecular complexity index is 377. The molecule has 3 heteroatoms. The molecule has 108 valence electrons. The van der Waals surface area contributed by atoms with E-state index in [1.54, 1.807) is 0 Å². The Morgan fingerprint density at radius 2 is 2.00 bits per heavy atom. The van der Waals surface area contributed by atoms with Crippen molar-refractivity contribution in [1.82, 2.24) is 5.32 Å². The Hall–Kier alpha value is -0.540. The first kappa shape index (κ1) is 16.5. The molecule has 1 aromatic carbocycles. The highest BCUT2D eigenvalue weighted by molar-refractivity contribution is 9.10. The van der Waals surface area contributed by atoms with Crippen molar-refractivity contribution in [3.63, 3.8) is 0 Å². The SMILES string of the molecule is CCCCCN(c1cc(Br)ccc1CNC)C(C)C. The van der Waals surface area contributed by atoms with Crippen LogP contribution < -0.4 is 10.2 Å². The zero-order valence-electron chi connectivity index (χ0n) is 12.7. The third kappa shape index (κ3) is 5.15. The number of hydrogen-bond donors (Lipinski definition) is 1. The maximum Gasteiger partial charge on any atom is 0.0425 e. The minimum absolute atomic E-state index is 0.529. The van der Waals surface area contributed by atoms with Crippen LogP contribution in [0.4, 0.5) is 5.69 Å². The molecule has 0 spiro atoms. The van der Waals surface area contributed by atoms with Crippen molar-refractivity contribution in [2.45, 2.75) is 52.6 Å². The van der Waals surface area contributed by atoms with Gasteiger partial charge in [0.05, 0.1) is 0 Å². The molecule has 0 aromatic heterocycles. The van der Waals surface area contributed by atoms with Crippen LogP contribution in [0, 0.1) is 0 Å². The summed E-state index contributed by atoms with van der Waals surface area (Å²) in [5.74, 6) is 0. The lowest BCUT2D eigenvalue weighted by molar-refractivity contribution is 0.622. The number of benzene rings is 1. The fourth-order valence-corrected chi connectivity index (χ4v) is 2.68. The normalized spacial score (nSPS) is 11.1. The van der Waals surface area contributed by atoms with Gasteiger partial charge >= 0.3 is 0 Å². The van der Waals surface area contributed by atoms with E-state index in [0.29, 0.717) is 6.04 Å². The second kappa shape index (κ2) is 8.60. The highest BCUT2D eigenvalue weighted by atomic mass is 79.9. The molecule has 0 unspecified atom stereocenters. The minimum atomic E-state index is 0.529. The predicted molar refractivity (Wildman–Crippen MR) is 88.9 cm³/mol. The van der Waals surface area contributed by atoms with Crippen molar-refractivity contribution in [2.75, 3.05) is 18.5 Å². The van der Waals surface area contributed by atoms with E-state index in [0.717, 1.165) is 17.6 Å². The summed E-state index contributed by atoms with van der Waals surface area (Å²) in [7, 11) is 2.00. The second-order valence-corrected chi connectivity index (χ2v) is 6.21. The Kier molecular flexibility index (Phi) is 7.47. The third-order valence-corrected chi connectivity index (χ3v) is 3.84. The molecule has 0 radical (unpaired) electrons. The average Bonchev–Trinajstić information content (AvgIpc) is 2.37. The van der Waals surface area contributed by atoms with Crippen molar-refractivity contribution < 1.29 is 0 Å². The lowest BCUT2D eigenvalue weighted by Crippen LogP contribution is -2.33. The summed E-state index contributed by atoms with van der Waals surface area (Å²) < 4.78 is 1.16. The first-order valence-electron chi connectivity index (χ1n) is 7.29. The van der Waals surface area contributed by atoms with E-state index < -0.39 is 0 Å². The molecule has 1 aromatic rings. The van der Waals surface area contributed by atoms with Gasteiger partial charge in [0, 0.05) is 29.3 Å². The lowest BCUT2D eigenvalue weighted by Gasteiger charge is -2.31. The van der Waals surface area contributed by atoms with Crippen molar-refractivity contribution in [1.29, 1.82) is 0 Å². The molecule has 0 amide bonds. The van der Waals surface area contributed by atoms with E-state index >= 15 is 0 Å². The van der Waals surface area contributed by atoms with E-state index in [1.807, 2.05) is 7.05 Å². The van der Waals surface area contributed by atoms with Crippen molar-refractivity contribution >= 4 is 21.6 Å². The molecule has 0 bridgehead atoms. The zero-order valence-corrected chi connectivity index (χ0v) is 14.3. The topological polar surface area (TPSA) is 15.3 Å². The molecule has 1 N–H and O–H groups in total. The van der Waals surface area contributed by atoms with E-state index in [2.05, 4.69) is 65.1 Å². The summed E-state index contributed by atoms with van der Waals surface area (Å²) in [6, 6.07) is 7.12. The van der Waals surface area contributed by atoms with E-state index in [1.165, 1.54) is 30.5 Å². The summed E-state index contributed by atoms with van der Waals surface area (Å²) in [6.45, 7) is 8.86. The Labute approximate surface area is 126 Å². The van der Waals surface area contributed by atoms with Gasteiger partial charge in [0.25, 0.3) is 0 Å². The quantitative estimate of drug-likeness (QED) is 0.704. The summed E-state index contributed by atoms with van der Waals surface area (Å²) >= 11 is 3.60. The number of anilines is 1. The van der Waals surface area contributed by atoms with Gasteiger partial charge in [-0.2, -0.15) is 0 Å². The van der Waals surface area contributed by atoms with E-state index in [9.17, 15) is 0 Å². The van der Waals surface area contributed by atoms with Crippen LogP contribution in [-0.2, 0) is 6.54 Å². The maximum atomic E-state index is 3.60. The first-order valence-corrected chi connectivity index (χ1v) is 8.09. The Morgan fingerprint density at radius 3 is 2.58 bits per heavy atom. The number of nitrogens with zero attached hydrogens (tertiary/aromatic N) is 1. The largest absolute Gasteiger partial charge is 0.369 e. The van der Waals surface area contributed by atoms with Gasteiger partial charge in [-0.3, -0.25) is 0 Å². The Balaban J connectivity index is 2.95. The number of nitrogens with one attached hydrogen (secondary N) is 1. The zero-order chi connectivity index (χ0) is 14.3. The van der Waals surface area contributed by atoms with Crippen LogP contribution in [0.25, 0.3) is 0 Å². The number of unbranched alkanes of at least 4 members (excludes halogenated alkanes) is 2. The molecule has 0 aliphatic carbocycles. The highest BCUT2D eigenvalue weighted by Crippen LogP contribution is 2.27. The molecule has 0 saturated heterocycles. The van der Waals surface area contributed by atoms with Crippen LogP contribution in [0.2, 0.25) is 0 Å². The fourth-order valence-electron chi connectivity index (χ4n) is 2.33. The Morgan fingerprint density at radius 1 is 1.26 bits per heavy atom. The summed E-state index contributed by atoms with van der Waals surface area (Å²) in [4.78, 5) is 2.52. The van der Waals surface area contributed by atoms with Gasteiger partial charge < -0.3 is 10.2 Å². The van der Waals surface area contributed by atoms with E-state index in [-0.39, 0.29) is 0 Å². The molecular weight excluding hydrogens is 300 g/mol. The number of halogens is 1. The molecular formula is C16H27BrN2. The monoisotopic (exact) mass is 326 g/mol. The van der Waals surface area contributed by atoms with Crippen LogP contribution in [-0.4, -0.2) is 19.6 Å². The minimum Gasteiger partial charge on any atom is -0.369 e. The predicted octanol–water partition coefficient (Wildman–Crippen LogP) is 4.57. The van der Waals surface area contributed by atoms with E-state index in [4.69, 9.17) is 0 Å². The number of rotatable bonds is 8. The van der Waals surface area contributed by atoms with Gasteiger partial charge in [-0.15, -0.1) is 0 Å². The molecule has 2 nitrogen and oxygen atoms in total. The van der Waals surface area contributed by atoms with Crippen LogP contribution in [0.15, 0.2) is 22.7 Å². The lowest BCUT2D eigenvalue weighted by atomic mass is 10.1. The van der Waals surface area contributed by atoms with Crippen molar-refractivity contribution in [2.24, 2.45) is 0 Å². The molecule has 0 atom stereocenters. The molecule has 0 saturated carbocycles. The summed E-state index contributed by atoms with van der Waals surface area (Å²) in [6.07, 6.45) is 3.84. The van der Waals surface area contributed by atoms with Crippen LogP contribution in [0.3, 0.4) is 0 Å². The molecule has 1 rings (SSSR count). The molecule has 0 heterocycles. The van der Waals surface area contributed by atoms with Gasteiger partial charge in [-0.1, -0.05) is 41.8 Å². The van der Waals surface area contributed by atoms with Gasteiger partial charge in [-0.25, -0.2) is 0 Å². The third-order valence-electron chi connectivity index (χ3n) is 3.35. The molecule has 0 aliphatic rings. The second-order valence-electron chi connectivity index (χ2n) is 5.30. The molecule has 0 aliphatic heterocycles. The first-order chi connectivity index (χ1) is 9.10. The summed E-state index contributed by atoms with van der Waals surface area (Å²) in [5, 5.41) is 3.26. The van der Waals surface area contributed by atoms with Gasteiger partial charge in [0.1, 0.15) is 0 Å². The number of hydrogen-bond acceptors (Lipinski definition) is 2. The maximum absolute atomic E-state index is 3.60. The van der Waals surface area contributed by atoms with Crippen LogP contribution in [0.5, 0.6) is 0 Å². The van der Waals surface area contributed by atoms with Crippen LogP contribution >= 0.6 is 15.9 Å². The van der Waals surface area contributed by atoms with Gasteiger partial charge in [-0.05, 0) is 45.0 Å². The standard InChI is InChI=1S/C16H27BrN2/c1-5-6-7-10-19(13(2)3)16-11-15(17)9-8-14(16)12-18-4/h8-9,11,13,18H,5-7,10,12H2,1-4H3.